The average Bonchev–Trinajstić information content (AvgIpc) is 3.03. The smallest absolute Gasteiger partial charge is 0.124 e. The molecule has 3 aromatic rings. The van der Waals surface area contributed by atoms with Gasteiger partial charge in [-0.3, -0.25) is 0 Å². The Morgan fingerprint density at radius 1 is 1.37 bits per heavy atom. The van der Waals surface area contributed by atoms with Gasteiger partial charge in [-0.05, 0) is 18.2 Å². The Bertz CT molecular complexity index is 693. The highest BCUT2D eigenvalue weighted by atomic mass is 79.9. The Labute approximate surface area is 128 Å². The van der Waals surface area contributed by atoms with Crippen LogP contribution < -0.4 is 0 Å². The standard InChI is InChI=1S/C13H11BrClN3S/c14-9-1-2-10-11(7-9)18(12(8-15)17-10)5-3-13-16-4-6-19-13/h1-2,4,6-7H,3,5,8H2. The van der Waals surface area contributed by atoms with E-state index in [1.807, 2.05) is 23.7 Å². The van der Waals surface area contributed by atoms with Crippen LogP contribution in [0.4, 0.5) is 0 Å². The molecule has 3 rings (SSSR count). The highest BCUT2D eigenvalue weighted by Crippen LogP contribution is 2.22. The average molecular weight is 357 g/mol. The number of hydrogen-bond donors (Lipinski definition) is 0. The molecule has 0 atom stereocenters. The van der Waals surface area contributed by atoms with Gasteiger partial charge in [0, 0.05) is 29.0 Å². The Morgan fingerprint density at radius 3 is 3.00 bits per heavy atom. The summed E-state index contributed by atoms with van der Waals surface area (Å²) in [5, 5.41) is 3.14. The normalized spacial score (nSPS) is 11.3. The fourth-order valence-corrected chi connectivity index (χ4v) is 3.24. The van der Waals surface area contributed by atoms with E-state index < -0.39 is 0 Å². The second-order valence-electron chi connectivity index (χ2n) is 4.12. The number of fused-ring (bicyclic) bond motifs is 1. The maximum Gasteiger partial charge on any atom is 0.124 e. The van der Waals surface area contributed by atoms with Gasteiger partial charge in [-0.2, -0.15) is 0 Å². The molecule has 0 aliphatic carbocycles. The van der Waals surface area contributed by atoms with Crippen molar-refractivity contribution in [2.75, 3.05) is 0 Å². The Hall–Kier alpha value is -0.910. The lowest BCUT2D eigenvalue weighted by Gasteiger charge is -2.06. The molecule has 0 amide bonds. The first-order valence-electron chi connectivity index (χ1n) is 5.87. The lowest BCUT2D eigenvalue weighted by Crippen LogP contribution is -2.05. The molecule has 6 heteroatoms. The van der Waals surface area contributed by atoms with Gasteiger partial charge < -0.3 is 4.57 Å². The number of benzene rings is 1. The number of nitrogens with zero attached hydrogens (tertiary/aromatic N) is 3. The summed E-state index contributed by atoms with van der Waals surface area (Å²) in [4.78, 5) is 8.88. The van der Waals surface area contributed by atoms with Gasteiger partial charge in [0.1, 0.15) is 5.82 Å². The van der Waals surface area contributed by atoms with Crippen LogP contribution in [-0.4, -0.2) is 14.5 Å². The Kier molecular flexibility index (Phi) is 3.86. The van der Waals surface area contributed by atoms with Crippen molar-refractivity contribution in [1.82, 2.24) is 14.5 Å². The number of aromatic nitrogens is 3. The zero-order valence-electron chi connectivity index (χ0n) is 10.0. The fourth-order valence-electron chi connectivity index (χ4n) is 2.08. The third kappa shape index (κ3) is 2.68. The van der Waals surface area contributed by atoms with Crippen molar-refractivity contribution >= 4 is 49.9 Å². The molecule has 2 heterocycles. The van der Waals surface area contributed by atoms with E-state index in [-0.39, 0.29) is 0 Å². The van der Waals surface area contributed by atoms with E-state index in [2.05, 4.69) is 36.5 Å². The molecule has 19 heavy (non-hydrogen) atoms. The first-order chi connectivity index (χ1) is 9.28. The fraction of sp³-hybridized carbons (Fsp3) is 0.231. The molecular weight excluding hydrogens is 346 g/mol. The van der Waals surface area contributed by atoms with Crippen LogP contribution in [0.1, 0.15) is 10.8 Å². The molecule has 0 saturated carbocycles. The summed E-state index contributed by atoms with van der Waals surface area (Å²) in [5.41, 5.74) is 2.10. The van der Waals surface area contributed by atoms with Crippen molar-refractivity contribution in [3.05, 3.63) is 45.1 Å². The van der Waals surface area contributed by atoms with Gasteiger partial charge in [-0.25, -0.2) is 9.97 Å². The number of aryl methyl sites for hydroxylation is 2. The Balaban J connectivity index is 1.97. The molecule has 0 bridgehead atoms. The van der Waals surface area contributed by atoms with E-state index in [0.717, 1.165) is 39.3 Å². The molecule has 0 radical (unpaired) electrons. The molecule has 98 valence electrons. The van der Waals surface area contributed by atoms with Crippen molar-refractivity contribution < 1.29 is 0 Å². The third-order valence-electron chi connectivity index (χ3n) is 2.94. The maximum absolute atomic E-state index is 6.00. The highest BCUT2D eigenvalue weighted by molar-refractivity contribution is 9.10. The number of thiazole rings is 1. The monoisotopic (exact) mass is 355 g/mol. The predicted octanol–water partition coefficient (Wildman–Crippen LogP) is 4.24. The van der Waals surface area contributed by atoms with Crippen LogP contribution in [0.5, 0.6) is 0 Å². The number of rotatable bonds is 4. The topological polar surface area (TPSA) is 30.7 Å². The number of alkyl halides is 1. The first-order valence-corrected chi connectivity index (χ1v) is 8.07. The van der Waals surface area contributed by atoms with Gasteiger partial charge in [0.05, 0.1) is 21.9 Å². The van der Waals surface area contributed by atoms with Gasteiger partial charge in [-0.1, -0.05) is 15.9 Å². The lowest BCUT2D eigenvalue weighted by atomic mass is 10.3. The van der Waals surface area contributed by atoms with E-state index in [0.29, 0.717) is 5.88 Å². The van der Waals surface area contributed by atoms with E-state index in [1.54, 1.807) is 11.3 Å². The molecular formula is C13H11BrClN3S. The zero-order valence-corrected chi connectivity index (χ0v) is 13.2. The van der Waals surface area contributed by atoms with Crippen molar-refractivity contribution in [2.45, 2.75) is 18.8 Å². The lowest BCUT2D eigenvalue weighted by molar-refractivity contribution is 0.685. The molecule has 0 aliphatic rings. The number of halogens is 2. The predicted molar refractivity (Wildman–Crippen MR) is 82.8 cm³/mol. The quantitative estimate of drug-likeness (QED) is 0.655. The molecule has 0 N–H and O–H groups in total. The van der Waals surface area contributed by atoms with Crippen LogP contribution in [0.25, 0.3) is 11.0 Å². The second kappa shape index (κ2) is 5.61. The van der Waals surface area contributed by atoms with E-state index >= 15 is 0 Å². The molecule has 0 unspecified atom stereocenters. The molecule has 0 spiro atoms. The third-order valence-corrected chi connectivity index (χ3v) is 4.51. The molecule has 0 aliphatic heterocycles. The maximum atomic E-state index is 6.00. The minimum absolute atomic E-state index is 0.421. The second-order valence-corrected chi connectivity index (χ2v) is 6.28. The van der Waals surface area contributed by atoms with Gasteiger partial charge in [0.2, 0.25) is 0 Å². The highest BCUT2D eigenvalue weighted by Gasteiger charge is 2.10. The van der Waals surface area contributed by atoms with E-state index in [4.69, 9.17) is 11.6 Å². The summed E-state index contributed by atoms with van der Waals surface area (Å²) in [6.45, 7) is 0.850. The summed E-state index contributed by atoms with van der Waals surface area (Å²) in [6.07, 6.45) is 2.74. The summed E-state index contributed by atoms with van der Waals surface area (Å²) in [6, 6.07) is 6.09. The zero-order chi connectivity index (χ0) is 13.2. The van der Waals surface area contributed by atoms with E-state index in [9.17, 15) is 0 Å². The van der Waals surface area contributed by atoms with Crippen LogP contribution >= 0.6 is 38.9 Å². The van der Waals surface area contributed by atoms with Crippen molar-refractivity contribution in [1.29, 1.82) is 0 Å². The molecule has 1 aromatic carbocycles. The van der Waals surface area contributed by atoms with Crippen molar-refractivity contribution in [3.63, 3.8) is 0 Å². The van der Waals surface area contributed by atoms with E-state index in [1.165, 1.54) is 0 Å². The van der Waals surface area contributed by atoms with Gasteiger partial charge >= 0.3 is 0 Å². The number of imidazole rings is 1. The summed E-state index contributed by atoms with van der Waals surface area (Å²) in [7, 11) is 0. The molecule has 0 fully saturated rings. The minimum Gasteiger partial charge on any atom is -0.327 e. The molecule has 0 saturated heterocycles. The largest absolute Gasteiger partial charge is 0.327 e. The van der Waals surface area contributed by atoms with Crippen LogP contribution in [0.3, 0.4) is 0 Å². The van der Waals surface area contributed by atoms with Gasteiger partial charge in [0.25, 0.3) is 0 Å². The number of hydrogen-bond acceptors (Lipinski definition) is 3. The summed E-state index contributed by atoms with van der Waals surface area (Å²) < 4.78 is 3.23. The first kappa shape index (κ1) is 13.1. The summed E-state index contributed by atoms with van der Waals surface area (Å²) >= 11 is 11.2. The van der Waals surface area contributed by atoms with Gasteiger partial charge in [-0.15, -0.1) is 22.9 Å². The van der Waals surface area contributed by atoms with Crippen molar-refractivity contribution in [3.8, 4) is 0 Å². The van der Waals surface area contributed by atoms with Crippen LogP contribution in [0.2, 0.25) is 0 Å². The molecule has 2 aromatic heterocycles. The molecule has 3 nitrogen and oxygen atoms in total. The SMILES string of the molecule is ClCc1nc2ccc(Br)cc2n1CCc1nccs1. The Morgan fingerprint density at radius 2 is 2.26 bits per heavy atom. The van der Waals surface area contributed by atoms with Crippen LogP contribution in [0, 0.1) is 0 Å². The minimum atomic E-state index is 0.421. The van der Waals surface area contributed by atoms with Crippen molar-refractivity contribution in [2.24, 2.45) is 0 Å². The van der Waals surface area contributed by atoms with Crippen LogP contribution in [-0.2, 0) is 18.8 Å². The summed E-state index contributed by atoms with van der Waals surface area (Å²) in [5.74, 6) is 1.33. The van der Waals surface area contributed by atoms with Gasteiger partial charge in [0.15, 0.2) is 0 Å². The van der Waals surface area contributed by atoms with Crippen LogP contribution in [0.15, 0.2) is 34.2 Å².